The van der Waals surface area contributed by atoms with Crippen molar-refractivity contribution in [1.29, 1.82) is 0 Å². The molecule has 0 spiro atoms. The van der Waals surface area contributed by atoms with Crippen LogP contribution >= 0.6 is 15.9 Å². The molecule has 12 heavy (non-hydrogen) atoms. The number of hydrogen-bond donors (Lipinski definition) is 0. The first-order valence-corrected chi connectivity index (χ1v) is 5.06. The van der Waals surface area contributed by atoms with Gasteiger partial charge in [-0.2, -0.15) is 0 Å². The maximum absolute atomic E-state index is 4.27. The van der Waals surface area contributed by atoms with Crippen LogP contribution in [0.15, 0.2) is 12.4 Å². The third-order valence-corrected chi connectivity index (χ3v) is 2.81. The molecule has 0 aromatic carbocycles. The Morgan fingerprint density at radius 2 is 2.08 bits per heavy atom. The lowest BCUT2D eigenvalue weighted by atomic mass is 10.2. The summed E-state index contributed by atoms with van der Waals surface area (Å²) >= 11 is 3.58. The molecule has 1 rings (SSSR count). The first-order chi connectivity index (χ1) is 5.74. The van der Waals surface area contributed by atoms with Gasteiger partial charge in [0, 0.05) is 23.6 Å². The maximum atomic E-state index is 4.27. The van der Waals surface area contributed by atoms with Crippen LogP contribution < -0.4 is 0 Å². The van der Waals surface area contributed by atoms with Gasteiger partial charge in [0.25, 0.3) is 0 Å². The van der Waals surface area contributed by atoms with Crippen LogP contribution in [0.5, 0.6) is 0 Å². The van der Waals surface area contributed by atoms with E-state index in [0.717, 1.165) is 24.2 Å². The molecule has 0 bridgehead atoms. The highest BCUT2D eigenvalue weighted by Gasteiger charge is 2.06. The summed E-state index contributed by atoms with van der Waals surface area (Å²) in [6.07, 6.45) is 5.57. The van der Waals surface area contributed by atoms with E-state index in [1.54, 1.807) is 12.4 Å². The second-order valence-electron chi connectivity index (χ2n) is 2.80. The Hall–Kier alpha value is -0.440. The monoisotopic (exact) mass is 228 g/mol. The Kier molecular flexibility index (Phi) is 3.66. The van der Waals surface area contributed by atoms with E-state index in [2.05, 4.69) is 32.8 Å². The minimum atomic E-state index is 0.521. The lowest BCUT2D eigenvalue weighted by molar-refractivity contribution is 0.794. The quantitative estimate of drug-likeness (QED) is 0.744. The van der Waals surface area contributed by atoms with E-state index < -0.39 is 0 Å². The molecule has 0 aliphatic carbocycles. The van der Waals surface area contributed by atoms with E-state index in [9.17, 15) is 0 Å². The number of alkyl halides is 1. The average Bonchev–Trinajstić information content (AvgIpc) is 2.09. The molecule has 1 heterocycles. The summed E-state index contributed by atoms with van der Waals surface area (Å²) in [6.45, 7) is 4.16. The minimum absolute atomic E-state index is 0.521. The van der Waals surface area contributed by atoms with Crippen LogP contribution in [0.2, 0.25) is 0 Å². The Morgan fingerprint density at radius 3 is 2.67 bits per heavy atom. The zero-order valence-corrected chi connectivity index (χ0v) is 9.00. The Bertz CT molecular complexity index is 250. The van der Waals surface area contributed by atoms with Gasteiger partial charge >= 0.3 is 0 Å². The van der Waals surface area contributed by atoms with Gasteiger partial charge in [0.1, 0.15) is 0 Å². The molecule has 0 N–H and O–H groups in total. The van der Waals surface area contributed by atoms with Crippen molar-refractivity contribution in [2.24, 2.45) is 0 Å². The smallest absolute Gasteiger partial charge is 0.0626 e. The molecule has 2 nitrogen and oxygen atoms in total. The Balaban J connectivity index is 2.69. The molecule has 1 atom stereocenters. The molecule has 66 valence electrons. The van der Waals surface area contributed by atoms with Crippen LogP contribution in [-0.2, 0) is 6.42 Å². The van der Waals surface area contributed by atoms with E-state index in [4.69, 9.17) is 0 Å². The lowest BCUT2D eigenvalue weighted by Crippen LogP contribution is -2.05. The van der Waals surface area contributed by atoms with Crippen molar-refractivity contribution in [3.63, 3.8) is 0 Å². The second kappa shape index (κ2) is 4.55. The van der Waals surface area contributed by atoms with Crippen LogP contribution in [0, 0.1) is 6.92 Å². The van der Waals surface area contributed by atoms with Gasteiger partial charge in [0.05, 0.1) is 11.4 Å². The SMILES string of the molecule is CCC(Br)Cc1nccnc1C. The van der Waals surface area contributed by atoms with Crippen molar-refractivity contribution < 1.29 is 0 Å². The molecule has 3 heteroatoms. The number of halogens is 1. The highest BCUT2D eigenvalue weighted by atomic mass is 79.9. The molecule has 0 aliphatic rings. The van der Waals surface area contributed by atoms with Crippen molar-refractivity contribution in [1.82, 2.24) is 9.97 Å². The number of aromatic nitrogens is 2. The Morgan fingerprint density at radius 1 is 1.42 bits per heavy atom. The third-order valence-electron chi connectivity index (χ3n) is 1.84. The van der Waals surface area contributed by atoms with Crippen LogP contribution in [0.25, 0.3) is 0 Å². The number of hydrogen-bond acceptors (Lipinski definition) is 2. The van der Waals surface area contributed by atoms with Gasteiger partial charge in [-0.3, -0.25) is 9.97 Å². The maximum Gasteiger partial charge on any atom is 0.0626 e. The van der Waals surface area contributed by atoms with Crippen molar-refractivity contribution in [3.8, 4) is 0 Å². The predicted octanol–water partition coefficient (Wildman–Crippen LogP) is 2.50. The predicted molar refractivity (Wildman–Crippen MR) is 53.5 cm³/mol. The summed E-state index contributed by atoms with van der Waals surface area (Å²) in [7, 11) is 0. The Labute approximate surface area is 81.6 Å². The third kappa shape index (κ3) is 2.55. The molecule has 1 aromatic heterocycles. The van der Waals surface area contributed by atoms with Gasteiger partial charge in [-0.25, -0.2) is 0 Å². The van der Waals surface area contributed by atoms with Crippen LogP contribution in [0.4, 0.5) is 0 Å². The summed E-state index contributed by atoms with van der Waals surface area (Å²) in [5.41, 5.74) is 2.14. The van der Waals surface area contributed by atoms with Gasteiger partial charge in [-0.05, 0) is 13.3 Å². The first-order valence-electron chi connectivity index (χ1n) is 4.14. The minimum Gasteiger partial charge on any atom is -0.258 e. The highest BCUT2D eigenvalue weighted by Crippen LogP contribution is 2.12. The summed E-state index contributed by atoms with van der Waals surface area (Å²) in [4.78, 5) is 8.98. The number of aryl methyl sites for hydroxylation is 1. The second-order valence-corrected chi connectivity index (χ2v) is 4.09. The molecule has 0 fully saturated rings. The van der Waals surface area contributed by atoms with Crippen molar-refractivity contribution >= 4 is 15.9 Å². The van der Waals surface area contributed by atoms with E-state index in [0.29, 0.717) is 4.83 Å². The summed E-state index contributed by atoms with van der Waals surface area (Å²) in [6, 6.07) is 0. The normalized spacial score (nSPS) is 12.9. The van der Waals surface area contributed by atoms with Gasteiger partial charge in [-0.15, -0.1) is 0 Å². The van der Waals surface area contributed by atoms with Crippen molar-refractivity contribution in [3.05, 3.63) is 23.8 Å². The zero-order chi connectivity index (χ0) is 8.97. The average molecular weight is 229 g/mol. The van der Waals surface area contributed by atoms with Gasteiger partial charge < -0.3 is 0 Å². The molecule has 0 saturated carbocycles. The number of rotatable bonds is 3. The van der Waals surface area contributed by atoms with E-state index in [1.165, 1.54) is 0 Å². The van der Waals surface area contributed by atoms with Gasteiger partial charge in [0.15, 0.2) is 0 Å². The molecule has 1 unspecified atom stereocenters. The topological polar surface area (TPSA) is 25.8 Å². The van der Waals surface area contributed by atoms with Gasteiger partial charge in [0.2, 0.25) is 0 Å². The molecule has 0 amide bonds. The van der Waals surface area contributed by atoms with Crippen LogP contribution in [0.1, 0.15) is 24.7 Å². The summed E-state index contributed by atoms with van der Waals surface area (Å²) in [5, 5.41) is 0. The molecular weight excluding hydrogens is 216 g/mol. The van der Waals surface area contributed by atoms with Crippen molar-refractivity contribution in [2.75, 3.05) is 0 Å². The zero-order valence-electron chi connectivity index (χ0n) is 7.42. The van der Waals surface area contributed by atoms with Crippen LogP contribution in [-0.4, -0.2) is 14.8 Å². The lowest BCUT2D eigenvalue weighted by Gasteiger charge is -2.06. The highest BCUT2D eigenvalue weighted by molar-refractivity contribution is 9.09. The van der Waals surface area contributed by atoms with Gasteiger partial charge in [-0.1, -0.05) is 22.9 Å². The fraction of sp³-hybridized carbons (Fsp3) is 0.556. The van der Waals surface area contributed by atoms with E-state index in [-0.39, 0.29) is 0 Å². The molecule has 1 aromatic rings. The van der Waals surface area contributed by atoms with E-state index in [1.807, 2.05) is 6.92 Å². The molecular formula is C9H13BrN2. The summed E-state index contributed by atoms with van der Waals surface area (Å²) in [5.74, 6) is 0. The summed E-state index contributed by atoms with van der Waals surface area (Å²) < 4.78 is 0. The fourth-order valence-corrected chi connectivity index (χ4v) is 1.30. The molecule has 0 radical (unpaired) electrons. The molecule has 0 aliphatic heterocycles. The molecule has 0 saturated heterocycles. The van der Waals surface area contributed by atoms with E-state index >= 15 is 0 Å². The van der Waals surface area contributed by atoms with Crippen molar-refractivity contribution in [2.45, 2.75) is 31.5 Å². The standard InChI is InChI=1S/C9H13BrN2/c1-3-8(10)6-9-7(2)11-4-5-12-9/h4-5,8H,3,6H2,1-2H3. The number of nitrogens with zero attached hydrogens (tertiary/aromatic N) is 2. The largest absolute Gasteiger partial charge is 0.258 e. The fourth-order valence-electron chi connectivity index (χ4n) is 0.991. The first kappa shape index (κ1) is 9.65. The van der Waals surface area contributed by atoms with Crippen LogP contribution in [0.3, 0.4) is 0 Å².